The summed E-state index contributed by atoms with van der Waals surface area (Å²) in [5.74, 6) is -0.978. The SMILES string of the molecule is Cc1cccc(C2CNCC2C(=O)O)c1Br. The molecular weight excluding hydrogens is 270 g/mol. The summed E-state index contributed by atoms with van der Waals surface area (Å²) in [6, 6.07) is 6.00. The molecule has 0 spiro atoms. The molecule has 2 N–H and O–H groups in total. The second-order valence-electron chi connectivity index (χ2n) is 4.19. The van der Waals surface area contributed by atoms with Crippen LogP contribution in [0.2, 0.25) is 0 Å². The van der Waals surface area contributed by atoms with Crippen molar-refractivity contribution < 1.29 is 9.90 Å². The molecule has 16 heavy (non-hydrogen) atoms. The minimum atomic E-state index is -0.719. The summed E-state index contributed by atoms with van der Waals surface area (Å²) < 4.78 is 1.04. The summed E-state index contributed by atoms with van der Waals surface area (Å²) in [5.41, 5.74) is 2.24. The number of halogens is 1. The number of carboxylic acids is 1. The lowest BCUT2D eigenvalue weighted by Gasteiger charge is -2.17. The Morgan fingerprint density at radius 2 is 2.25 bits per heavy atom. The summed E-state index contributed by atoms with van der Waals surface area (Å²) in [6.07, 6.45) is 0. The first-order valence-electron chi connectivity index (χ1n) is 5.30. The Labute approximate surface area is 103 Å². The van der Waals surface area contributed by atoms with E-state index in [4.69, 9.17) is 5.11 Å². The third kappa shape index (κ3) is 1.99. The Morgan fingerprint density at radius 3 is 2.94 bits per heavy atom. The van der Waals surface area contributed by atoms with Gasteiger partial charge in [0.2, 0.25) is 0 Å². The molecule has 2 unspecified atom stereocenters. The van der Waals surface area contributed by atoms with Crippen LogP contribution in [0.5, 0.6) is 0 Å². The van der Waals surface area contributed by atoms with Gasteiger partial charge in [-0.15, -0.1) is 0 Å². The van der Waals surface area contributed by atoms with Crippen LogP contribution in [-0.2, 0) is 4.79 Å². The van der Waals surface area contributed by atoms with E-state index in [1.165, 1.54) is 0 Å². The third-order valence-corrected chi connectivity index (χ3v) is 4.24. The van der Waals surface area contributed by atoms with Gasteiger partial charge in [-0.25, -0.2) is 0 Å². The van der Waals surface area contributed by atoms with Crippen molar-refractivity contribution in [3.05, 3.63) is 33.8 Å². The quantitative estimate of drug-likeness (QED) is 0.874. The maximum Gasteiger partial charge on any atom is 0.308 e. The Kier molecular flexibility index (Phi) is 3.30. The van der Waals surface area contributed by atoms with E-state index in [9.17, 15) is 4.79 Å². The highest BCUT2D eigenvalue weighted by atomic mass is 79.9. The fraction of sp³-hybridized carbons (Fsp3) is 0.417. The van der Waals surface area contributed by atoms with Crippen molar-refractivity contribution in [3.8, 4) is 0 Å². The molecule has 0 amide bonds. The van der Waals surface area contributed by atoms with Crippen LogP contribution in [0.15, 0.2) is 22.7 Å². The fourth-order valence-electron chi connectivity index (χ4n) is 2.22. The summed E-state index contributed by atoms with van der Waals surface area (Å²) in [4.78, 5) is 11.1. The van der Waals surface area contributed by atoms with Gasteiger partial charge in [0, 0.05) is 23.5 Å². The van der Waals surface area contributed by atoms with Gasteiger partial charge in [-0.05, 0) is 18.1 Å². The molecule has 2 atom stereocenters. The number of carboxylic acid groups (broad SMARTS) is 1. The molecule has 1 heterocycles. The molecule has 1 aromatic carbocycles. The minimum absolute atomic E-state index is 0.0618. The van der Waals surface area contributed by atoms with Crippen LogP contribution in [0.1, 0.15) is 17.0 Å². The van der Waals surface area contributed by atoms with Crippen LogP contribution < -0.4 is 5.32 Å². The van der Waals surface area contributed by atoms with Crippen LogP contribution in [0.3, 0.4) is 0 Å². The highest BCUT2D eigenvalue weighted by Gasteiger charge is 2.34. The van der Waals surface area contributed by atoms with E-state index < -0.39 is 5.97 Å². The Bertz CT molecular complexity index is 419. The van der Waals surface area contributed by atoms with Crippen molar-refractivity contribution in [1.82, 2.24) is 5.32 Å². The number of nitrogens with one attached hydrogen (secondary N) is 1. The zero-order chi connectivity index (χ0) is 11.7. The number of hydrogen-bond donors (Lipinski definition) is 2. The first-order chi connectivity index (χ1) is 7.61. The van der Waals surface area contributed by atoms with Gasteiger partial charge in [0.15, 0.2) is 0 Å². The normalized spacial score (nSPS) is 24.6. The average Bonchev–Trinajstić information content (AvgIpc) is 2.70. The zero-order valence-electron chi connectivity index (χ0n) is 9.03. The van der Waals surface area contributed by atoms with Gasteiger partial charge in [-0.3, -0.25) is 4.79 Å². The molecule has 0 aromatic heterocycles. The highest BCUT2D eigenvalue weighted by molar-refractivity contribution is 9.10. The van der Waals surface area contributed by atoms with Crippen LogP contribution in [0.25, 0.3) is 0 Å². The van der Waals surface area contributed by atoms with Crippen LogP contribution in [-0.4, -0.2) is 24.2 Å². The number of hydrogen-bond acceptors (Lipinski definition) is 2. The first kappa shape index (κ1) is 11.6. The minimum Gasteiger partial charge on any atom is -0.481 e. The van der Waals surface area contributed by atoms with E-state index >= 15 is 0 Å². The molecule has 3 nitrogen and oxygen atoms in total. The van der Waals surface area contributed by atoms with Crippen molar-refractivity contribution in [3.63, 3.8) is 0 Å². The summed E-state index contributed by atoms with van der Waals surface area (Å²) in [6.45, 7) is 3.31. The van der Waals surface area contributed by atoms with Gasteiger partial charge in [-0.1, -0.05) is 34.1 Å². The van der Waals surface area contributed by atoms with Crippen molar-refractivity contribution in [2.24, 2.45) is 5.92 Å². The molecule has 0 aliphatic carbocycles. The predicted octanol–water partition coefficient (Wildman–Crippen LogP) is 2.15. The summed E-state index contributed by atoms with van der Waals surface area (Å²) in [7, 11) is 0. The van der Waals surface area contributed by atoms with Crippen LogP contribution in [0.4, 0.5) is 0 Å². The molecule has 0 radical (unpaired) electrons. The average molecular weight is 284 g/mol. The smallest absolute Gasteiger partial charge is 0.308 e. The number of aliphatic carboxylic acids is 1. The number of benzene rings is 1. The largest absolute Gasteiger partial charge is 0.481 e. The second kappa shape index (κ2) is 4.55. The molecule has 1 aromatic rings. The lowest BCUT2D eigenvalue weighted by atomic mass is 9.88. The van der Waals surface area contributed by atoms with Crippen molar-refractivity contribution in [1.29, 1.82) is 0 Å². The second-order valence-corrected chi connectivity index (χ2v) is 4.98. The van der Waals surface area contributed by atoms with E-state index in [0.29, 0.717) is 6.54 Å². The molecule has 1 saturated heterocycles. The van der Waals surface area contributed by atoms with Crippen molar-refractivity contribution in [2.75, 3.05) is 13.1 Å². The molecule has 2 rings (SSSR count). The maximum absolute atomic E-state index is 11.1. The van der Waals surface area contributed by atoms with Gasteiger partial charge in [0.1, 0.15) is 0 Å². The van der Waals surface area contributed by atoms with Gasteiger partial charge in [-0.2, -0.15) is 0 Å². The highest BCUT2D eigenvalue weighted by Crippen LogP contribution is 2.34. The standard InChI is InChI=1S/C12H14BrNO2/c1-7-3-2-4-8(11(7)13)9-5-14-6-10(9)12(15)16/h2-4,9-10,14H,5-6H2,1H3,(H,15,16). The van der Waals surface area contributed by atoms with E-state index in [1.807, 2.05) is 25.1 Å². The fourth-order valence-corrected chi connectivity index (χ4v) is 2.78. The van der Waals surface area contributed by atoms with E-state index in [2.05, 4.69) is 21.2 Å². The number of aryl methyl sites for hydroxylation is 1. The molecule has 1 aliphatic heterocycles. The topological polar surface area (TPSA) is 49.3 Å². The van der Waals surface area contributed by atoms with Crippen LogP contribution in [0, 0.1) is 12.8 Å². The molecule has 1 fully saturated rings. The lowest BCUT2D eigenvalue weighted by Crippen LogP contribution is -2.21. The lowest BCUT2D eigenvalue weighted by molar-refractivity contribution is -0.141. The van der Waals surface area contributed by atoms with E-state index in [1.54, 1.807) is 0 Å². The first-order valence-corrected chi connectivity index (χ1v) is 6.09. The van der Waals surface area contributed by atoms with E-state index in [-0.39, 0.29) is 11.8 Å². The van der Waals surface area contributed by atoms with Crippen LogP contribution >= 0.6 is 15.9 Å². The monoisotopic (exact) mass is 283 g/mol. The number of rotatable bonds is 2. The maximum atomic E-state index is 11.1. The number of carbonyl (C=O) groups is 1. The van der Waals surface area contributed by atoms with Gasteiger partial charge in [0.25, 0.3) is 0 Å². The Morgan fingerprint density at radius 1 is 1.50 bits per heavy atom. The van der Waals surface area contributed by atoms with Gasteiger partial charge in [0.05, 0.1) is 5.92 Å². The molecule has 4 heteroatoms. The predicted molar refractivity (Wildman–Crippen MR) is 65.6 cm³/mol. The van der Waals surface area contributed by atoms with Crippen molar-refractivity contribution >= 4 is 21.9 Å². The Balaban J connectivity index is 2.36. The molecule has 0 bridgehead atoms. The third-order valence-electron chi connectivity index (χ3n) is 3.15. The summed E-state index contributed by atoms with van der Waals surface area (Å²) in [5, 5.41) is 12.3. The zero-order valence-corrected chi connectivity index (χ0v) is 10.6. The molecule has 86 valence electrons. The van der Waals surface area contributed by atoms with E-state index in [0.717, 1.165) is 22.1 Å². The van der Waals surface area contributed by atoms with Gasteiger partial charge >= 0.3 is 5.97 Å². The van der Waals surface area contributed by atoms with Crippen molar-refractivity contribution in [2.45, 2.75) is 12.8 Å². The molecular formula is C12H14BrNO2. The summed E-state index contributed by atoms with van der Waals surface area (Å²) >= 11 is 3.55. The molecule has 0 saturated carbocycles. The Hall–Kier alpha value is -0.870. The molecule has 1 aliphatic rings. The van der Waals surface area contributed by atoms with Gasteiger partial charge < -0.3 is 10.4 Å².